The van der Waals surface area contributed by atoms with Gasteiger partial charge >= 0.3 is 5.97 Å². The van der Waals surface area contributed by atoms with Crippen LogP contribution in [0.25, 0.3) is 10.9 Å². The molecule has 3 aliphatic heterocycles. The number of benzene rings is 2. The predicted octanol–water partition coefficient (Wildman–Crippen LogP) is 0.915. The van der Waals surface area contributed by atoms with Crippen molar-refractivity contribution < 1.29 is 43.5 Å². The number of para-hydroxylation sites is 1. The molecule has 3 aliphatic rings. The second-order valence-electron chi connectivity index (χ2n) is 16.2. The lowest BCUT2D eigenvalue weighted by atomic mass is 9.99. The molecule has 60 heavy (non-hydrogen) atoms. The van der Waals surface area contributed by atoms with Gasteiger partial charge in [-0.1, -0.05) is 62.4 Å². The van der Waals surface area contributed by atoms with E-state index in [-0.39, 0.29) is 51.1 Å². The summed E-state index contributed by atoms with van der Waals surface area (Å²) >= 11 is 0. The minimum absolute atomic E-state index is 0.0318. The van der Waals surface area contributed by atoms with Gasteiger partial charge in [0.2, 0.25) is 41.4 Å². The standard InChI is InChI=1S/C43H54N8O9/c1-25(2)20-31-40(57)49-33(22-27-23-44-29-13-7-6-12-28(27)29)43(60)51-19-9-15-35(51)42(59)48-32(21-26-10-4-3-5-11-26)38(55)45-24-36(52)50-18-8-14-34(50)41(58)46-30(39(56)47-31)16-17-37(53)54/h3-7,10-13,23,25,30-35,44H,8-9,14-22,24H2,1-2H3,(H,45,55)(H,46,58)(H,47,56)(H,48,59)(H,49,57)(H,53,54)/t30-,31-,32-,33-,34+,35-/m0/s1. The molecule has 6 atom stereocenters. The van der Waals surface area contributed by atoms with Crippen LogP contribution in [0.3, 0.4) is 0 Å². The van der Waals surface area contributed by atoms with E-state index in [9.17, 15) is 43.5 Å². The highest BCUT2D eigenvalue weighted by molar-refractivity contribution is 5.99. The third-order valence-electron chi connectivity index (χ3n) is 11.4. The number of amides is 7. The lowest BCUT2D eigenvalue weighted by Gasteiger charge is -2.31. The number of H-pyrrole nitrogens is 1. The molecule has 320 valence electrons. The van der Waals surface area contributed by atoms with Crippen LogP contribution in [0.4, 0.5) is 0 Å². The van der Waals surface area contributed by atoms with Crippen molar-refractivity contribution in [2.75, 3.05) is 19.6 Å². The van der Waals surface area contributed by atoms with Crippen molar-refractivity contribution in [2.24, 2.45) is 5.92 Å². The van der Waals surface area contributed by atoms with Crippen LogP contribution in [0.1, 0.15) is 69.9 Å². The molecule has 17 nitrogen and oxygen atoms in total. The summed E-state index contributed by atoms with van der Waals surface area (Å²) in [6, 6.07) is 9.59. The Kier molecular flexibility index (Phi) is 14.2. The van der Waals surface area contributed by atoms with E-state index in [0.29, 0.717) is 19.3 Å². The number of fused-ring (bicyclic) bond motifs is 3. The lowest BCUT2D eigenvalue weighted by molar-refractivity contribution is -0.142. The number of carbonyl (C=O) groups excluding carboxylic acids is 7. The zero-order chi connectivity index (χ0) is 42.9. The lowest BCUT2D eigenvalue weighted by Crippen LogP contribution is -2.60. The molecule has 3 fully saturated rings. The van der Waals surface area contributed by atoms with Crippen molar-refractivity contribution in [1.82, 2.24) is 41.4 Å². The normalized spacial score (nSPS) is 25.1. The largest absolute Gasteiger partial charge is 0.481 e. The molecule has 17 heteroatoms. The minimum Gasteiger partial charge on any atom is -0.481 e. The number of carboxylic acid groups (broad SMARTS) is 1. The fraction of sp³-hybridized carbons (Fsp3) is 0.488. The number of aliphatic carboxylic acids is 1. The fourth-order valence-electron chi connectivity index (χ4n) is 8.33. The number of hydrogen-bond acceptors (Lipinski definition) is 8. The highest BCUT2D eigenvalue weighted by Gasteiger charge is 2.41. The Morgan fingerprint density at radius 2 is 1.30 bits per heavy atom. The number of aromatic nitrogens is 1. The summed E-state index contributed by atoms with van der Waals surface area (Å²) in [4.78, 5) is 116. The topological polar surface area (TPSA) is 239 Å². The highest BCUT2D eigenvalue weighted by atomic mass is 16.4. The second-order valence-corrected chi connectivity index (χ2v) is 16.2. The van der Waals surface area contributed by atoms with Gasteiger partial charge in [0.1, 0.15) is 36.3 Å². The van der Waals surface area contributed by atoms with Crippen LogP contribution >= 0.6 is 0 Å². The first-order valence-corrected chi connectivity index (χ1v) is 20.7. The van der Waals surface area contributed by atoms with E-state index in [1.165, 1.54) is 9.80 Å². The van der Waals surface area contributed by atoms with Crippen molar-refractivity contribution in [2.45, 2.75) is 108 Å². The SMILES string of the molecule is CC(C)C[C@@H]1NC(=O)[C@H](CCC(=O)O)NC(=O)[C@H]2CCCN2C(=O)CNC(=O)[C@H](Cc2ccccc2)NC(=O)[C@@H]2CCCN2C(=O)[C@H](Cc2c[nH]c3ccccc23)NC1=O. The van der Waals surface area contributed by atoms with Crippen molar-refractivity contribution >= 4 is 58.2 Å². The van der Waals surface area contributed by atoms with Crippen molar-refractivity contribution in [1.29, 1.82) is 0 Å². The van der Waals surface area contributed by atoms with Crippen LogP contribution in [0.15, 0.2) is 60.8 Å². The number of nitrogens with one attached hydrogen (secondary N) is 6. The van der Waals surface area contributed by atoms with Crippen molar-refractivity contribution in [3.63, 3.8) is 0 Å². The predicted molar refractivity (Wildman–Crippen MR) is 219 cm³/mol. The molecule has 0 radical (unpaired) electrons. The summed E-state index contributed by atoms with van der Waals surface area (Å²) in [6.07, 6.45) is 2.71. The Morgan fingerprint density at radius 3 is 2.00 bits per heavy atom. The molecule has 4 heterocycles. The van der Waals surface area contributed by atoms with Crippen LogP contribution < -0.4 is 26.6 Å². The number of carbonyl (C=O) groups is 8. The maximum atomic E-state index is 14.7. The van der Waals surface area contributed by atoms with E-state index < -0.39 is 96.5 Å². The molecular weight excluding hydrogens is 773 g/mol. The molecule has 7 amide bonds. The summed E-state index contributed by atoms with van der Waals surface area (Å²) in [5.41, 5.74) is 2.28. The molecule has 6 rings (SSSR count). The van der Waals surface area contributed by atoms with Gasteiger partial charge in [-0.3, -0.25) is 38.4 Å². The maximum Gasteiger partial charge on any atom is 0.303 e. The van der Waals surface area contributed by atoms with E-state index in [2.05, 4.69) is 31.6 Å². The molecule has 3 saturated heterocycles. The monoisotopic (exact) mass is 826 g/mol. The molecule has 0 bridgehead atoms. The van der Waals surface area contributed by atoms with Gasteiger partial charge in [0, 0.05) is 49.5 Å². The number of nitrogens with zero attached hydrogens (tertiary/aromatic N) is 2. The smallest absolute Gasteiger partial charge is 0.303 e. The van der Waals surface area contributed by atoms with E-state index in [1.54, 1.807) is 30.5 Å². The average molecular weight is 827 g/mol. The van der Waals surface area contributed by atoms with Gasteiger partial charge in [0.25, 0.3) is 0 Å². The van der Waals surface area contributed by atoms with E-state index >= 15 is 0 Å². The summed E-state index contributed by atoms with van der Waals surface area (Å²) in [6.45, 7) is 3.61. The van der Waals surface area contributed by atoms with E-state index in [0.717, 1.165) is 22.0 Å². The number of carboxylic acids is 1. The quantitative estimate of drug-likeness (QED) is 0.162. The summed E-state index contributed by atoms with van der Waals surface area (Å²) in [5, 5.41) is 24.0. The summed E-state index contributed by atoms with van der Waals surface area (Å²) < 4.78 is 0. The summed E-state index contributed by atoms with van der Waals surface area (Å²) in [5.74, 6) is -5.83. The van der Waals surface area contributed by atoms with Gasteiger partial charge in [-0.2, -0.15) is 0 Å². The first-order valence-electron chi connectivity index (χ1n) is 20.7. The molecule has 0 spiro atoms. The Morgan fingerprint density at radius 1 is 0.700 bits per heavy atom. The number of hydrogen-bond donors (Lipinski definition) is 7. The zero-order valence-corrected chi connectivity index (χ0v) is 33.9. The van der Waals surface area contributed by atoms with Gasteiger partial charge in [0.05, 0.1) is 6.54 Å². The Hall–Kier alpha value is -6.26. The molecular formula is C43H54N8O9. The third kappa shape index (κ3) is 10.7. The van der Waals surface area contributed by atoms with Gasteiger partial charge in [-0.15, -0.1) is 0 Å². The maximum absolute atomic E-state index is 14.7. The van der Waals surface area contributed by atoms with Crippen LogP contribution in [-0.2, 0) is 51.2 Å². The van der Waals surface area contributed by atoms with Crippen LogP contribution in [0, 0.1) is 5.92 Å². The fourth-order valence-corrected chi connectivity index (χ4v) is 8.33. The second kappa shape index (κ2) is 19.7. The molecule has 0 saturated carbocycles. The number of aromatic amines is 1. The Labute approximate surface area is 347 Å². The molecule has 0 aliphatic carbocycles. The third-order valence-corrected chi connectivity index (χ3v) is 11.4. The Bertz CT molecular complexity index is 2090. The van der Waals surface area contributed by atoms with Gasteiger partial charge in [-0.05, 0) is 61.6 Å². The molecule has 0 unspecified atom stereocenters. The Balaban J connectivity index is 1.37. The van der Waals surface area contributed by atoms with Gasteiger partial charge in [0.15, 0.2) is 0 Å². The van der Waals surface area contributed by atoms with Crippen LogP contribution in [0.2, 0.25) is 0 Å². The van der Waals surface area contributed by atoms with E-state index in [4.69, 9.17) is 0 Å². The van der Waals surface area contributed by atoms with Gasteiger partial charge in [-0.25, -0.2) is 0 Å². The highest BCUT2D eigenvalue weighted by Crippen LogP contribution is 2.24. The number of rotatable bonds is 9. The molecule has 7 N–H and O–H groups in total. The first kappa shape index (κ1) is 43.3. The summed E-state index contributed by atoms with van der Waals surface area (Å²) in [7, 11) is 0. The van der Waals surface area contributed by atoms with E-state index in [1.807, 2.05) is 44.2 Å². The van der Waals surface area contributed by atoms with Crippen molar-refractivity contribution in [3.8, 4) is 0 Å². The van der Waals surface area contributed by atoms with Crippen molar-refractivity contribution in [3.05, 3.63) is 71.9 Å². The molecule has 1 aromatic heterocycles. The minimum atomic E-state index is -1.38. The molecule has 2 aromatic carbocycles. The van der Waals surface area contributed by atoms with Crippen LogP contribution in [0.5, 0.6) is 0 Å². The average Bonchev–Trinajstić information content (AvgIpc) is 4.01. The van der Waals surface area contributed by atoms with Gasteiger partial charge < -0.3 is 46.5 Å². The first-order chi connectivity index (χ1) is 28.8. The zero-order valence-electron chi connectivity index (χ0n) is 33.9. The van der Waals surface area contributed by atoms with Crippen LogP contribution in [-0.4, -0.2) is 123 Å². The molecule has 3 aromatic rings.